The van der Waals surface area contributed by atoms with Gasteiger partial charge in [-0.3, -0.25) is 13.9 Å². The molecule has 3 rings (SSSR count). The zero-order valence-electron chi connectivity index (χ0n) is 22.9. The predicted molar refractivity (Wildman–Crippen MR) is 161 cm³/mol. The summed E-state index contributed by atoms with van der Waals surface area (Å²) in [7, 11) is -4.17. The highest BCUT2D eigenvalue weighted by atomic mass is 35.5. The van der Waals surface area contributed by atoms with E-state index < -0.39 is 28.5 Å². The fourth-order valence-electron chi connectivity index (χ4n) is 4.23. The standard InChI is InChI=1S/C30H35Cl2N3O4S/c1-4-22(3)33-30(37)28(5-2)34(19-18-23-12-8-6-9-13-23)29(36)21-35(24-16-17-26(31)27(32)20-24)40(38,39)25-14-10-7-11-15-25/h6-17,20,22,28H,4-5,18-19,21H2,1-3H3,(H,33,37). The SMILES string of the molecule is CCC(C)NC(=O)C(CC)N(CCc1ccccc1)C(=O)CN(c1ccc(Cl)c(Cl)c1)S(=O)(=O)c1ccccc1. The van der Waals surface area contributed by atoms with Crippen molar-refractivity contribution in [2.75, 3.05) is 17.4 Å². The zero-order chi connectivity index (χ0) is 29.3. The number of nitrogens with one attached hydrogen (secondary N) is 1. The molecule has 0 aromatic heterocycles. The Morgan fingerprint density at radius 3 is 2.08 bits per heavy atom. The van der Waals surface area contributed by atoms with Crippen LogP contribution in [0.25, 0.3) is 0 Å². The maximum atomic E-state index is 14.0. The summed E-state index contributed by atoms with van der Waals surface area (Å²) in [6, 6.07) is 21.0. The van der Waals surface area contributed by atoms with Gasteiger partial charge in [-0.05, 0) is 62.1 Å². The van der Waals surface area contributed by atoms with Crippen molar-refractivity contribution in [3.8, 4) is 0 Å². The maximum Gasteiger partial charge on any atom is 0.264 e. The minimum Gasteiger partial charge on any atom is -0.352 e. The Morgan fingerprint density at radius 1 is 0.875 bits per heavy atom. The van der Waals surface area contributed by atoms with Crippen LogP contribution >= 0.6 is 23.2 Å². The van der Waals surface area contributed by atoms with Gasteiger partial charge >= 0.3 is 0 Å². The number of hydrogen-bond acceptors (Lipinski definition) is 4. The number of benzene rings is 3. The highest BCUT2D eigenvalue weighted by molar-refractivity contribution is 7.92. The van der Waals surface area contributed by atoms with E-state index in [0.29, 0.717) is 12.8 Å². The van der Waals surface area contributed by atoms with Crippen molar-refractivity contribution in [3.05, 3.63) is 94.5 Å². The lowest BCUT2D eigenvalue weighted by atomic mass is 10.1. The molecule has 0 aliphatic carbocycles. The summed E-state index contributed by atoms with van der Waals surface area (Å²) in [4.78, 5) is 28.8. The highest BCUT2D eigenvalue weighted by Gasteiger charge is 2.33. The van der Waals surface area contributed by atoms with Crippen molar-refractivity contribution < 1.29 is 18.0 Å². The first-order valence-electron chi connectivity index (χ1n) is 13.2. The van der Waals surface area contributed by atoms with E-state index in [1.165, 1.54) is 35.2 Å². The van der Waals surface area contributed by atoms with Gasteiger partial charge in [0.15, 0.2) is 0 Å². The number of anilines is 1. The van der Waals surface area contributed by atoms with E-state index in [9.17, 15) is 18.0 Å². The molecule has 10 heteroatoms. The van der Waals surface area contributed by atoms with Crippen molar-refractivity contribution in [1.82, 2.24) is 10.2 Å². The third kappa shape index (κ3) is 7.99. The summed E-state index contributed by atoms with van der Waals surface area (Å²) >= 11 is 12.3. The smallest absolute Gasteiger partial charge is 0.264 e. The Labute approximate surface area is 247 Å². The molecule has 40 heavy (non-hydrogen) atoms. The third-order valence-electron chi connectivity index (χ3n) is 6.67. The molecule has 0 saturated heterocycles. The summed E-state index contributed by atoms with van der Waals surface area (Å²) < 4.78 is 28.7. The second-order valence-electron chi connectivity index (χ2n) is 9.49. The van der Waals surface area contributed by atoms with Crippen LogP contribution in [0, 0.1) is 0 Å². The summed E-state index contributed by atoms with van der Waals surface area (Å²) in [5.74, 6) is -0.780. The number of halogens is 2. The van der Waals surface area contributed by atoms with Crippen molar-refractivity contribution in [2.24, 2.45) is 0 Å². The van der Waals surface area contributed by atoms with Crippen LogP contribution in [0.2, 0.25) is 10.0 Å². The Balaban J connectivity index is 2.02. The molecular weight excluding hydrogens is 569 g/mol. The number of amides is 2. The summed E-state index contributed by atoms with van der Waals surface area (Å²) in [6.45, 7) is 5.40. The second kappa shape index (κ2) is 14.5. The van der Waals surface area contributed by atoms with E-state index in [1.807, 2.05) is 51.1 Å². The molecule has 0 heterocycles. The van der Waals surface area contributed by atoms with Crippen LogP contribution in [-0.2, 0) is 26.0 Å². The van der Waals surface area contributed by atoms with Crippen LogP contribution in [0.3, 0.4) is 0 Å². The lowest BCUT2D eigenvalue weighted by molar-refractivity contribution is -0.139. The molecule has 214 valence electrons. The molecule has 0 aliphatic rings. The first kappa shape index (κ1) is 31.5. The molecule has 2 unspecified atom stereocenters. The number of nitrogens with zero attached hydrogens (tertiary/aromatic N) is 2. The molecule has 3 aromatic rings. The zero-order valence-corrected chi connectivity index (χ0v) is 25.2. The van der Waals surface area contributed by atoms with Gasteiger partial charge in [0.05, 0.1) is 20.6 Å². The molecule has 0 bridgehead atoms. The van der Waals surface area contributed by atoms with E-state index >= 15 is 0 Å². The fourth-order valence-corrected chi connectivity index (χ4v) is 5.94. The van der Waals surface area contributed by atoms with Crippen molar-refractivity contribution in [3.63, 3.8) is 0 Å². The number of hydrogen-bond donors (Lipinski definition) is 1. The van der Waals surface area contributed by atoms with E-state index in [0.717, 1.165) is 16.3 Å². The average Bonchev–Trinajstić information content (AvgIpc) is 2.96. The highest BCUT2D eigenvalue weighted by Crippen LogP contribution is 2.30. The minimum absolute atomic E-state index is 0.0197. The molecule has 2 atom stereocenters. The molecule has 0 aliphatic heterocycles. The first-order chi connectivity index (χ1) is 19.1. The van der Waals surface area contributed by atoms with Gasteiger partial charge < -0.3 is 10.2 Å². The van der Waals surface area contributed by atoms with Gasteiger partial charge in [0.1, 0.15) is 12.6 Å². The van der Waals surface area contributed by atoms with Gasteiger partial charge in [-0.15, -0.1) is 0 Å². The fraction of sp³-hybridized carbons (Fsp3) is 0.333. The van der Waals surface area contributed by atoms with E-state index in [4.69, 9.17) is 23.2 Å². The molecule has 7 nitrogen and oxygen atoms in total. The van der Waals surface area contributed by atoms with Crippen LogP contribution in [0.5, 0.6) is 0 Å². The number of carbonyl (C=O) groups excluding carboxylic acids is 2. The minimum atomic E-state index is -4.17. The van der Waals surface area contributed by atoms with Gasteiger partial charge in [-0.2, -0.15) is 0 Å². The van der Waals surface area contributed by atoms with E-state index in [2.05, 4.69) is 5.32 Å². The molecule has 3 aromatic carbocycles. The Bertz CT molecular complexity index is 1390. The van der Waals surface area contributed by atoms with Crippen molar-refractivity contribution in [1.29, 1.82) is 0 Å². The lowest BCUT2D eigenvalue weighted by Gasteiger charge is -2.33. The van der Waals surface area contributed by atoms with Gasteiger partial charge in [0, 0.05) is 12.6 Å². The average molecular weight is 605 g/mol. The largest absolute Gasteiger partial charge is 0.352 e. The van der Waals surface area contributed by atoms with Crippen LogP contribution in [0.15, 0.2) is 83.8 Å². The Morgan fingerprint density at radius 2 is 1.50 bits per heavy atom. The van der Waals surface area contributed by atoms with Crippen LogP contribution in [0.4, 0.5) is 5.69 Å². The van der Waals surface area contributed by atoms with Crippen molar-refractivity contribution in [2.45, 2.75) is 57.0 Å². The molecule has 0 radical (unpaired) electrons. The molecule has 0 saturated carbocycles. The Hall–Kier alpha value is -3.07. The van der Waals surface area contributed by atoms with Crippen LogP contribution in [0.1, 0.15) is 39.2 Å². The van der Waals surface area contributed by atoms with Gasteiger partial charge in [-0.25, -0.2) is 8.42 Å². The third-order valence-corrected chi connectivity index (χ3v) is 9.20. The van der Waals surface area contributed by atoms with Crippen LogP contribution < -0.4 is 9.62 Å². The molecule has 2 amide bonds. The van der Waals surface area contributed by atoms with Crippen LogP contribution in [-0.4, -0.2) is 50.3 Å². The summed E-state index contributed by atoms with van der Waals surface area (Å²) in [6.07, 6.45) is 1.60. The van der Waals surface area contributed by atoms with Gasteiger partial charge in [0.25, 0.3) is 10.0 Å². The van der Waals surface area contributed by atoms with Gasteiger partial charge in [-0.1, -0.05) is 85.6 Å². The first-order valence-corrected chi connectivity index (χ1v) is 15.4. The Kier molecular flexibility index (Phi) is 11.4. The van der Waals surface area contributed by atoms with Crippen molar-refractivity contribution >= 4 is 50.7 Å². The quantitative estimate of drug-likeness (QED) is 0.261. The van der Waals surface area contributed by atoms with E-state index in [1.54, 1.807) is 18.2 Å². The number of sulfonamides is 1. The van der Waals surface area contributed by atoms with Gasteiger partial charge in [0.2, 0.25) is 11.8 Å². The lowest BCUT2D eigenvalue weighted by Crippen LogP contribution is -2.54. The number of rotatable bonds is 13. The maximum absolute atomic E-state index is 14.0. The summed E-state index contributed by atoms with van der Waals surface area (Å²) in [5, 5.41) is 3.38. The topological polar surface area (TPSA) is 86.8 Å². The molecule has 1 N–H and O–H groups in total. The summed E-state index contributed by atoms with van der Waals surface area (Å²) in [5.41, 5.74) is 1.18. The molecule has 0 spiro atoms. The monoisotopic (exact) mass is 603 g/mol. The van der Waals surface area contributed by atoms with E-state index in [-0.39, 0.29) is 39.1 Å². The number of carbonyl (C=O) groups is 2. The normalized spacial score (nSPS) is 12.8. The second-order valence-corrected chi connectivity index (χ2v) is 12.2. The predicted octanol–water partition coefficient (Wildman–Crippen LogP) is 5.95. The molecular formula is C30H35Cl2N3O4S. The molecule has 0 fully saturated rings.